The molecule has 2 aliphatic carbocycles. The summed E-state index contributed by atoms with van der Waals surface area (Å²) in [4.78, 5) is 0. The maximum atomic E-state index is 6.58. The van der Waals surface area contributed by atoms with Gasteiger partial charge >= 0.3 is 0 Å². The molecule has 2 atom stereocenters. The summed E-state index contributed by atoms with van der Waals surface area (Å²) in [5.41, 5.74) is 8.10. The molecule has 1 aliphatic heterocycles. The van der Waals surface area contributed by atoms with Crippen LogP contribution in [0.2, 0.25) is 0 Å². The summed E-state index contributed by atoms with van der Waals surface area (Å²) in [6.07, 6.45) is 13.9. The third-order valence-electron chi connectivity index (χ3n) is 9.34. The molecule has 0 bridgehead atoms. The Balaban J connectivity index is 1.19. The number of hydrogen-bond acceptors (Lipinski definition) is 2. The van der Waals surface area contributed by atoms with E-state index in [1.165, 1.54) is 65.0 Å². The van der Waals surface area contributed by atoms with Gasteiger partial charge in [-0.2, -0.15) is 0 Å². The highest BCUT2D eigenvalue weighted by Crippen LogP contribution is 2.49. The van der Waals surface area contributed by atoms with Crippen molar-refractivity contribution in [3.63, 3.8) is 0 Å². The summed E-state index contributed by atoms with van der Waals surface area (Å²) >= 11 is 0. The van der Waals surface area contributed by atoms with E-state index in [1.54, 1.807) is 0 Å². The predicted molar refractivity (Wildman–Crippen MR) is 159 cm³/mol. The number of para-hydroxylation sites is 2. The van der Waals surface area contributed by atoms with Crippen LogP contribution in [0.5, 0.6) is 5.75 Å². The minimum Gasteiger partial charge on any atom is -0.481 e. The largest absolute Gasteiger partial charge is 0.481 e. The fourth-order valence-electron chi connectivity index (χ4n) is 7.45. The third kappa shape index (κ3) is 3.10. The van der Waals surface area contributed by atoms with E-state index in [0.717, 1.165) is 33.4 Å². The Hall–Kier alpha value is -4.24. The first-order chi connectivity index (χ1) is 19.3. The van der Waals surface area contributed by atoms with Gasteiger partial charge in [0, 0.05) is 38.7 Å². The van der Waals surface area contributed by atoms with E-state index < -0.39 is 0 Å². The van der Waals surface area contributed by atoms with Crippen molar-refractivity contribution in [1.29, 1.82) is 0 Å². The highest BCUT2D eigenvalue weighted by atomic mass is 16.5. The molecule has 0 saturated heterocycles. The number of furan rings is 1. The molecule has 0 amide bonds. The molecule has 0 spiro atoms. The number of benzene rings is 4. The third-order valence-corrected chi connectivity index (χ3v) is 9.34. The molecule has 3 heterocycles. The van der Waals surface area contributed by atoms with Gasteiger partial charge in [0.1, 0.15) is 11.7 Å². The molecular weight excluding hydrogens is 478 g/mol. The van der Waals surface area contributed by atoms with Crippen LogP contribution in [0.15, 0.2) is 107 Å². The Morgan fingerprint density at radius 2 is 1.49 bits per heavy atom. The maximum absolute atomic E-state index is 6.58. The van der Waals surface area contributed by atoms with Gasteiger partial charge in [0.2, 0.25) is 0 Å². The Bertz CT molecular complexity index is 1940. The Morgan fingerprint density at radius 3 is 2.28 bits per heavy atom. The molecule has 39 heavy (non-hydrogen) atoms. The minimum absolute atomic E-state index is 0.0549. The molecule has 4 aromatic carbocycles. The van der Waals surface area contributed by atoms with Crippen LogP contribution in [-0.4, -0.2) is 10.7 Å². The number of fused-ring (bicyclic) bond motifs is 10. The number of allylic oxidation sites excluding steroid dienone is 2. The second-order valence-corrected chi connectivity index (χ2v) is 11.5. The highest BCUT2D eigenvalue weighted by Gasteiger charge is 2.37. The summed E-state index contributed by atoms with van der Waals surface area (Å²) in [5, 5.41) is 4.78. The molecular formula is C36H29NO2. The maximum Gasteiger partial charge on any atom is 0.177 e. The van der Waals surface area contributed by atoms with E-state index >= 15 is 0 Å². The fourth-order valence-corrected chi connectivity index (χ4v) is 7.45. The van der Waals surface area contributed by atoms with Gasteiger partial charge in [-0.3, -0.25) is 0 Å². The Labute approximate surface area is 227 Å². The fraction of sp³-hybridized carbons (Fsp3) is 0.222. The van der Waals surface area contributed by atoms with E-state index in [-0.39, 0.29) is 12.0 Å². The van der Waals surface area contributed by atoms with Crippen LogP contribution in [0.4, 0.5) is 0 Å². The van der Waals surface area contributed by atoms with E-state index in [4.69, 9.17) is 9.15 Å². The van der Waals surface area contributed by atoms with Crippen molar-refractivity contribution in [3.8, 4) is 11.4 Å². The van der Waals surface area contributed by atoms with Gasteiger partial charge in [-0.05, 0) is 66.8 Å². The second kappa shape index (κ2) is 8.13. The smallest absolute Gasteiger partial charge is 0.177 e. The topological polar surface area (TPSA) is 27.3 Å². The molecule has 3 aliphatic rings. The van der Waals surface area contributed by atoms with Crippen LogP contribution < -0.4 is 4.74 Å². The van der Waals surface area contributed by atoms with Gasteiger partial charge in [0.05, 0.1) is 11.0 Å². The van der Waals surface area contributed by atoms with E-state index in [9.17, 15) is 0 Å². The lowest BCUT2D eigenvalue weighted by molar-refractivity contribution is 0.266. The average Bonchev–Trinajstić information content (AvgIpc) is 3.66. The minimum atomic E-state index is 0.0549. The first-order valence-corrected chi connectivity index (χ1v) is 14.4. The monoisotopic (exact) mass is 507 g/mol. The molecule has 3 heteroatoms. The molecule has 190 valence electrons. The number of aromatic nitrogens is 1. The van der Waals surface area contributed by atoms with Crippen molar-refractivity contribution in [1.82, 2.24) is 4.57 Å². The van der Waals surface area contributed by atoms with Gasteiger partial charge in [-0.25, -0.2) is 0 Å². The Morgan fingerprint density at radius 1 is 0.718 bits per heavy atom. The lowest BCUT2D eigenvalue weighted by Crippen LogP contribution is -2.20. The first kappa shape index (κ1) is 21.7. The van der Waals surface area contributed by atoms with Crippen LogP contribution in [-0.2, 0) is 0 Å². The molecule has 2 aromatic heterocycles. The van der Waals surface area contributed by atoms with Crippen LogP contribution in [0, 0.1) is 5.92 Å². The predicted octanol–water partition coefficient (Wildman–Crippen LogP) is 9.60. The van der Waals surface area contributed by atoms with E-state index in [1.807, 2.05) is 0 Å². The molecule has 9 rings (SSSR count). The average molecular weight is 508 g/mol. The van der Waals surface area contributed by atoms with Crippen LogP contribution >= 0.6 is 0 Å². The van der Waals surface area contributed by atoms with Crippen molar-refractivity contribution in [3.05, 3.63) is 108 Å². The number of nitrogens with zero attached hydrogens (tertiary/aromatic N) is 1. The number of rotatable bonds is 2. The van der Waals surface area contributed by atoms with Crippen molar-refractivity contribution in [2.75, 3.05) is 0 Å². The van der Waals surface area contributed by atoms with E-state index in [2.05, 4.69) is 102 Å². The molecule has 6 aromatic rings. The zero-order chi connectivity index (χ0) is 25.5. The van der Waals surface area contributed by atoms with Crippen LogP contribution in [0.25, 0.3) is 49.4 Å². The molecule has 2 unspecified atom stereocenters. The van der Waals surface area contributed by atoms with Gasteiger partial charge in [0.15, 0.2) is 11.3 Å². The molecule has 3 nitrogen and oxygen atoms in total. The van der Waals surface area contributed by atoms with Gasteiger partial charge < -0.3 is 13.7 Å². The van der Waals surface area contributed by atoms with Crippen molar-refractivity contribution < 1.29 is 9.15 Å². The molecule has 1 saturated carbocycles. The Kier molecular flexibility index (Phi) is 4.52. The summed E-state index contributed by atoms with van der Waals surface area (Å²) < 4.78 is 15.5. The molecule has 0 radical (unpaired) electrons. The second-order valence-electron chi connectivity index (χ2n) is 11.5. The quantitative estimate of drug-likeness (QED) is 0.233. The van der Waals surface area contributed by atoms with Gasteiger partial charge in [0.25, 0.3) is 0 Å². The summed E-state index contributed by atoms with van der Waals surface area (Å²) in [7, 11) is 0. The van der Waals surface area contributed by atoms with Gasteiger partial charge in [-0.15, -0.1) is 0 Å². The van der Waals surface area contributed by atoms with Crippen molar-refractivity contribution >= 4 is 43.7 Å². The number of hydrogen-bond donors (Lipinski definition) is 0. The summed E-state index contributed by atoms with van der Waals surface area (Å²) in [6, 6.07) is 28.4. The number of ether oxygens (including phenoxy) is 1. The van der Waals surface area contributed by atoms with Gasteiger partial charge in [-0.1, -0.05) is 73.9 Å². The molecule has 0 N–H and O–H groups in total. The summed E-state index contributed by atoms with van der Waals surface area (Å²) in [6.45, 7) is 0. The SMILES string of the molecule is C1=CC2Oc3c(ccc4c3oc3ccc(-n5c6ccccc6c6ccccc65)cc34)C2C=C1C1CCCCC1. The zero-order valence-electron chi connectivity index (χ0n) is 21.8. The van der Waals surface area contributed by atoms with Crippen molar-refractivity contribution in [2.24, 2.45) is 5.92 Å². The van der Waals surface area contributed by atoms with E-state index in [0.29, 0.717) is 5.92 Å². The van der Waals surface area contributed by atoms with Crippen molar-refractivity contribution in [2.45, 2.75) is 44.1 Å². The summed E-state index contributed by atoms with van der Waals surface area (Å²) in [5.74, 6) is 1.89. The zero-order valence-corrected chi connectivity index (χ0v) is 21.8. The van der Waals surface area contributed by atoms with Crippen LogP contribution in [0.3, 0.4) is 0 Å². The van der Waals surface area contributed by atoms with Crippen LogP contribution in [0.1, 0.15) is 43.6 Å². The lowest BCUT2D eigenvalue weighted by Gasteiger charge is -2.27. The normalized spacial score (nSPS) is 21.0. The molecule has 1 fully saturated rings. The lowest BCUT2D eigenvalue weighted by atomic mass is 9.79. The highest BCUT2D eigenvalue weighted by molar-refractivity contribution is 6.11. The standard InChI is InChI=1S/C36H29NO2/c1-2-8-22(9-3-1)23-14-18-33-29(20-23)27-16-17-28-30-21-24(15-19-34(30)39-36(28)35(27)38-33)37-31-12-6-4-10-25(31)26-11-5-7-13-32(26)37/h4-7,10-22,29,33H,1-3,8-9H2. The first-order valence-electron chi connectivity index (χ1n) is 14.4.